The molecular formula is C21H24F2N2O4S. The third kappa shape index (κ3) is 5.14. The normalized spacial score (nSPS) is 16.8. The van der Waals surface area contributed by atoms with Crippen LogP contribution in [0.2, 0.25) is 0 Å². The first-order valence-electron chi connectivity index (χ1n) is 9.69. The van der Waals surface area contributed by atoms with E-state index in [0.29, 0.717) is 24.7 Å². The molecule has 1 heterocycles. The summed E-state index contributed by atoms with van der Waals surface area (Å²) in [5.74, 6) is -2.05. The lowest BCUT2D eigenvalue weighted by molar-refractivity contribution is -0.122. The van der Waals surface area contributed by atoms with E-state index in [-0.39, 0.29) is 10.6 Å². The zero-order valence-corrected chi connectivity index (χ0v) is 17.6. The van der Waals surface area contributed by atoms with Gasteiger partial charge in [0.1, 0.15) is 5.75 Å². The number of halogens is 2. The second-order valence-corrected chi connectivity index (χ2v) is 9.37. The van der Waals surface area contributed by atoms with Gasteiger partial charge in [-0.2, -0.15) is 4.31 Å². The van der Waals surface area contributed by atoms with Crippen LogP contribution in [-0.2, 0) is 14.8 Å². The van der Waals surface area contributed by atoms with Crippen molar-refractivity contribution in [2.45, 2.75) is 37.7 Å². The van der Waals surface area contributed by atoms with Crippen molar-refractivity contribution in [2.24, 2.45) is 5.92 Å². The van der Waals surface area contributed by atoms with Gasteiger partial charge in [-0.1, -0.05) is 6.92 Å². The SMILES string of the molecule is CC1CCN(S(=O)(=O)c2ccc(NC(=O)C(C)Oc3ccc(F)c(F)c3)cc2)CC1. The Morgan fingerprint density at radius 2 is 1.73 bits per heavy atom. The Kier molecular flexibility index (Phi) is 6.72. The molecule has 6 nitrogen and oxygen atoms in total. The Bertz CT molecular complexity index is 1000. The maximum atomic E-state index is 13.3. The second-order valence-electron chi connectivity index (χ2n) is 7.44. The van der Waals surface area contributed by atoms with Crippen LogP contribution < -0.4 is 10.1 Å². The minimum Gasteiger partial charge on any atom is -0.481 e. The van der Waals surface area contributed by atoms with Crippen molar-refractivity contribution in [3.05, 3.63) is 54.1 Å². The number of nitrogens with zero attached hydrogens (tertiary/aromatic N) is 1. The summed E-state index contributed by atoms with van der Waals surface area (Å²) < 4.78 is 58.6. The van der Waals surface area contributed by atoms with Gasteiger partial charge in [0.15, 0.2) is 17.7 Å². The second kappa shape index (κ2) is 9.09. The van der Waals surface area contributed by atoms with Crippen molar-refractivity contribution in [2.75, 3.05) is 18.4 Å². The van der Waals surface area contributed by atoms with E-state index in [1.165, 1.54) is 41.6 Å². The number of carbonyl (C=O) groups excluding carboxylic acids is 1. The molecule has 1 fully saturated rings. The summed E-state index contributed by atoms with van der Waals surface area (Å²) in [5.41, 5.74) is 0.395. The molecule has 0 radical (unpaired) electrons. The highest BCUT2D eigenvalue weighted by Crippen LogP contribution is 2.24. The largest absolute Gasteiger partial charge is 0.481 e. The summed E-state index contributed by atoms with van der Waals surface area (Å²) in [5, 5.41) is 2.61. The zero-order valence-electron chi connectivity index (χ0n) is 16.8. The van der Waals surface area contributed by atoms with E-state index < -0.39 is 33.7 Å². The summed E-state index contributed by atoms with van der Waals surface area (Å²) in [4.78, 5) is 12.5. The van der Waals surface area contributed by atoms with E-state index in [2.05, 4.69) is 12.2 Å². The molecular weight excluding hydrogens is 414 g/mol. The molecule has 162 valence electrons. The van der Waals surface area contributed by atoms with Crippen LogP contribution in [0, 0.1) is 17.6 Å². The number of hydrogen-bond donors (Lipinski definition) is 1. The number of ether oxygens (including phenoxy) is 1. The Balaban J connectivity index is 1.61. The summed E-state index contributed by atoms with van der Waals surface area (Å²) in [6.45, 7) is 4.58. The zero-order chi connectivity index (χ0) is 21.9. The molecule has 1 N–H and O–H groups in total. The topological polar surface area (TPSA) is 75.7 Å². The van der Waals surface area contributed by atoms with E-state index in [9.17, 15) is 22.0 Å². The molecule has 1 unspecified atom stereocenters. The van der Waals surface area contributed by atoms with Crippen LogP contribution in [0.25, 0.3) is 0 Å². The van der Waals surface area contributed by atoms with Crippen LogP contribution >= 0.6 is 0 Å². The molecule has 0 aliphatic carbocycles. The van der Waals surface area contributed by atoms with Gasteiger partial charge in [0.25, 0.3) is 5.91 Å². The minimum absolute atomic E-state index is 0.0221. The van der Waals surface area contributed by atoms with Crippen LogP contribution in [0.1, 0.15) is 26.7 Å². The highest BCUT2D eigenvalue weighted by atomic mass is 32.2. The number of anilines is 1. The fourth-order valence-electron chi connectivity index (χ4n) is 3.14. The van der Waals surface area contributed by atoms with Gasteiger partial charge in [-0.15, -0.1) is 0 Å². The smallest absolute Gasteiger partial charge is 0.265 e. The molecule has 0 saturated carbocycles. The van der Waals surface area contributed by atoms with Crippen molar-refractivity contribution in [3.63, 3.8) is 0 Å². The first-order chi connectivity index (χ1) is 14.2. The highest BCUT2D eigenvalue weighted by molar-refractivity contribution is 7.89. The molecule has 2 aromatic carbocycles. The highest BCUT2D eigenvalue weighted by Gasteiger charge is 2.28. The Morgan fingerprint density at radius 1 is 1.10 bits per heavy atom. The van der Waals surface area contributed by atoms with Gasteiger partial charge >= 0.3 is 0 Å². The summed E-state index contributed by atoms with van der Waals surface area (Å²) in [7, 11) is -3.57. The number of carbonyl (C=O) groups is 1. The van der Waals surface area contributed by atoms with Gasteiger partial charge in [0.2, 0.25) is 10.0 Å². The Labute approximate surface area is 174 Å². The van der Waals surface area contributed by atoms with Gasteiger partial charge in [0.05, 0.1) is 4.90 Å². The maximum absolute atomic E-state index is 13.3. The van der Waals surface area contributed by atoms with Crippen molar-refractivity contribution in [1.82, 2.24) is 4.31 Å². The average Bonchev–Trinajstić information content (AvgIpc) is 2.71. The number of rotatable bonds is 6. The monoisotopic (exact) mass is 438 g/mol. The van der Waals surface area contributed by atoms with Crippen LogP contribution in [0.3, 0.4) is 0 Å². The van der Waals surface area contributed by atoms with E-state index in [4.69, 9.17) is 4.74 Å². The van der Waals surface area contributed by atoms with Crippen molar-refractivity contribution >= 4 is 21.6 Å². The fraction of sp³-hybridized carbons (Fsp3) is 0.381. The van der Waals surface area contributed by atoms with Gasteiger partial charge in [-0.25, -0.2) is 17.2 Å². The molecule has 3 rings (SSSR count). The first kappa shape index (κ1) is 22.2. The molecule has 0 spiro atoms. The van der Waals surface area contributed by atoms with Crippen LogP contribution in [0.15, 0.2) is 47.4 Å². The number of amides is 1. The molecule has 1 aliphatic heterocycles. The molecule has 1 atom stereocenters. The molecule has 30 heavy (non-hydrogen) atoms. The van der Waals surface area contributed by atoms with Crippen molar-refractivity contribution in [3.8, 4) is 5.75 Å². The van der Waals surface area contributed by atoms with Crippen LogP contribution in [0.4, 0.5) is 14.5 Å². The molecule has 1 aliphatic rings. The molecule has 0 aromatic heterocycles. The quantitative estimate of drug-likeness (QED) is 0.745. The summed E-state index contributed by atoms with van der Waals surface area (Å²) >= 11 is 0. The lowest BCUT2D eigenvalue weighted by Gasteiger charge is -2.29. The maximum Gasteiger partial charge on any atom is 0.265 e. The van der Waals surface area contributed by atoms with Crippen LogP contribution in [-0.4, -0.2) is 37.8 Å². The standard InChI is InChI=1S/C21H24F2N2O4S/c1-14-9-11-25(12-10-14)30(27,28)18-6-3-16(4-7-18)24-21(26)15(2)29-17-5-8-19(22)20(23)13-17/h3-8,13-15H,9-12H2,1-2H3,(H,24,26). The van der Waals surface area contributed by atoms with Gasteiger partial charge in [0, 0.05) is 24.8 Å². The molecule has 2 aromatic rings. The predicted molar refractivity (Wildman–Crippen MR) is 109 cm³/mol. The molecule has 0 bridgehead atoms. The van der Waals surface area contributed by atoms with Gasteiger partial charge in [-0.3, -0.25) is 4.79 Å². The average molecular weight is 438 g/mol. The number of hydrogen-bond acceptors (Lipinski definition) is 4. The first-order valence-corrected chi connectivity index (χ1v) is 11.1. The summed E-state index contributed by atoms with van der Waals surface area (Å²) in [6.07, 6.45) is 0.695. The van der Waals surface area contributed by atoms with E-state index in [1.54, 1.807) is 0 Å². The third-order valence-electron chi connectivity index (χ3n) is 5.08. The Hall–Kier alpha value is -2.52. The van der Waals surface area contributed by atoms with Gasteiger partial charge < -0.3 is 10.1 Å². The van der Waals surface area contributed by atoms with E-state index in [0.717, 1.165) is 25.0 Å². The predicted octanol–water partition coefficient (Wildman–Crippen LogP) is 3.79. The lowest BCUT2D eigenvalue weighted by atomic mass is 10.0. The number of benzene rings is 2. The van der Waals surface area contributed by atoms with E-state index in [1.807, 2.05) is 0 Å². The van der Waals surface area contributed by atoms with Gasteiger partial charge in [-0.05, 0) is 62.1 Å². The molecule has 1 amide bonds. The number of nitrogens with one attached hydrogen (secondary N) is 1. The summed E-state index contributed by atoms with van der Waals surface area (Å²) in [6, 6.07) is 8.90. The Morgan fingerprint density at radius 3 is 2.33 bits per heavy atom. The molecule has 1 saturated heterocycles. The van der Waals surface area contributed by atoms with Crippen LogP contribution in [0.5, 0.6) is 5.75 Å². The number of sulfonamides is 1. The lowest BCUT2D eigenvalue weighted by Crippen LogP contribution is -2.37. The number of piperidine rings is 1. The third-order valence-corrected chi connectivity index (χ3v) is 6.99. The van der Waals surface area contributed by atoms with Crippen molar-refractivity contribution < 1.29 is 26.7 Å². The van der Waals surface area contributed by atoms with Crippen molar-refractivity contribution in [1.29, 1.82) is 0 Å². The van der Waals surface area contributed by atoms with E-state index >= 15 is 0 Å². The minimum atomic E-state index is -3.57. The fourth-order valence-corrected chi connectivity index (χ4v) is 4.61. The molecule has 9 heteroatoms.